The van der Waals surface area contributed by atoms with Gasteiger partial charge in [-0.2, -0.15) is 0 Å². The Morgan fingerprint density at radius 2 is 2.09 bits per heavy atom. The van der Waals surface area contributed by atoms with Crippen LogP contribution in [0.3, 0.4) is 0 Å². The zero-order chi connectivity index (χ0) is 8.91. The molecule has 0 aliphatic heterocycles. The zero-order valence-electron chi connectivity index (χ0n) is 5.01. The Morgan fingerprint density at radius 1 is 1.55 bits per heavy atom. The van der Waals surface area contributed by atoms with Crippen molar-refractivity contribution >= 4 is 47.0 Å². The highest BCUT2D eigenvalue weighted by molar-refractivity contribution is 6.67. The Labute approximate surface area is 77.1 Å². The fourth-order valence-corrected chi connectivity index (χ4v) is 0.377. The Bertz CT molecular complexity index is 193. The maximum Gasteiger partial charge on any atom is 0.444 e. The van der Waals surface area contributed by atoms with E-state index in [-0.39, 0.29) is 0 Å². The van der Waals surface area contributed by atoms with Gasteiger partial charge >= 0.3 is 6.09 Å². The van der Waals surface area contributed by atoms with E-state index in [1.54, 1.807) is 0 Å². The second kappa shape index (κ2) is 4.57. The van der Waals surface area contributed by atoms with Gasteiger partial charge in [-0.3, -0.25) is 0 Å². The number of carbonyl (C=O) groups excluding carboxylic acids is 2. The van der Waals surface area contributed by atoms with Gasteiger partial charge in [0.25, 0.3) is 0 Å². The van der Waals surface area contributed by atoms with E-state index >= 15 is 0 Å². The molecule has 62 valence electrons. The summed E-state index contributed by atoms with van der Waals surface area (Å²) in [6.07, 6.45) is -0.158. The van der Waals surface area contributed by atoms with Crippen molar-refractivity contribution < 1.29 is 14.3 Å². The molecule has 0 N–H and O–H groups in total. The molecule has 7 heteroatoms. The van der Waals surface area contributed by atoms with Crippen LogP contribution in [0.1, 0.15) is 0 Å². The molecule has 4 nitrogen and oxygen atoms in total. The number of amides is 1. The molecule has 0 aliphatic rings. The summed E-state index contributed by atoms with van der Waals surface area (Å²) >= 11 is 15.6. The number of nitrogens with zero attached hydrogens (tertiary/aromatic N) is 1. The second-order valence-electron chi connectivity index (χ2n) is 1.37. The van der Waals surface area contributed by atoms with Crippen molar-refractivity contribution in [2.24, 2.45) is 4.99 Å². The van der Waals surface area contributed by atoms with Gasteiger partial charge in [-0.05, 0) is 0 Å². The van der Waals surface area contributed by atoms with Crippen LogP contribution in [0, 0.1) is 0 Å². The largest absolute Gasteiger partial charge is 0.444 e. The van der Waals surface area contributed by atoms with E-state index < -0.39 is 16.5 Å². The van der Waals surface area contributed by atoms with E-state index in [1.165, 1.54) is 0 Å². The molecule has 0 spiro atoms. The summed E-state index contributed by atoms with van der Waals surface area (Å²) in [6, 6.07) is 0. The molecule has 0 aromatic heterocycles. The van der Waals surface area contributed by atoms with E-state index in [9.17, 15) is 9.59 Å². The van der Waals surface area contributed by atoms with Crippen molar-refractivity contribution in [3.63, 3.8) is 0 Å². The average molecular weight is 218 g/mol. The fourth-order valence-electron chi connectivity index (χ4n) is 0.213. The third-order valence-corrected chi connectivity index (χ3v) is 0.824. The summed E-state index contributed by atoms with van der Waals surface area (Å²) in [5, 5.41) is 0. The number of alkyl halides is 3. The van der Waals surface area contributed by atoms with Gasteiger partial charge in [0, 0.05) is 0 Å². The normalized spacial score (nSPS) is 10.1. The van der Waals surface area contributed by atoms with Crippen LogP contribution in [-0.4, -0.2) is 22.6 Å². The molecule has 0 fully saturated rings. The van der Waals surface area contributed by atoms with Gasteiger partial charge in [-0.15, -0.1) is 0 Å². The van der Waals surface area contributed by atoms with Gasteiger partial charge in [0.1, 0.15) is 6.61 Å². The van der Waals surface area contributed by atoms with E-state index in [1.807, 2.05) is 0 Å². The van der Waals surface area contributed by atoms with Crippen molar-refractivity contribution in [1.29, 1.82) is 0 Å². The highest BCUT2D eigenvalue weighted by atomic mass is 35.6. The van der Waals surface area contributed by atoms with Gasteiger partial charge in [-0.25, -0.2) is 9.59 Å². The van der Waals surface area contributed by atoms with Crippen LogP contribution in [0.4, 0.5) is 4.79 Å². The average Bonchev–Trinajstić information content (AvgIpc) is 1.83. The smallest absolute Gasteiger partial charge is 0.443 e. The van der Waals surface area contributed by atoms with Gasteiger partial charge in [0.05, 0.1) is 0 Å². The molecule has 11 heavy (non-hydrogen) atoms. The Balaban J connectivity index is 3.72. The van der Waals surface area contributed by atoms with Crippen molar-refractivity contribution in [3.8, 4) is 0 Å². The van der Waals surface area contributed by atoms with Gasteiger partial charge in [-0.1, -0.05) is 39.8 Å². The molecule has 0 bridgehead atoms. The second-order valence-corrected chi connectivity index (χ2v) is 3.89. The highest BCUT2D eigenvalue weighted by Gasteiger charge is 2.21. The third kappa shape index (κ3) is 7.62. The van der Waals surface area contributed by atoms with E-state index in [0.717, 1.165) is 6.08 Å². The summed E-state index contributed by atoms with van der Waals surface area (Å²) in [5.41, 5.74) is 0. The van der Waals surface area contributed by atoms with Crippen molar-refractivity contribution in [1.82, 2.24) is 0 Å². The first-order chi connectivity index (χ1) is 4.95. The summed E-state index contributed by atoms with van der Waals surface area (Å²) in [5.74, 6) is 0. The van der Waals surface area contributed by atoms with Crippen LogP contribution in [0.2, 0.25) is 0 Å². The maximum atomic E-state index is 10.3. The van der Waals surface area contributed by atoms with Crippen LogP contribution in [0.15, 0.2) is 4.99 Å². The number of hydrogen-bond donors (Lipinski definition) is 0. The summed E-state index contributed by atoms with van der Waals surface area (Å²) < 4.78 is 2.50. The molecular formula is C4H2Cl3NO3. The van der Waals surface area contributed by atoms with E-state index in [4.69, 9.17) is 34.8 Å². The third-order valence-electron chi connectivity index (χ3n) is 0.496. The fraction of sp³-hybridized carbons (Fsp3) is 0.500. The summed E-state index contributed by atoms with van der Waals surface area (Å²) in [4.78, 5) is 22.3. The number of isocyanates is 1. The topological polar surface area (TPSA) is 55.7 Å². The molecule has 0 aliphatic carbocycles. The lowest BCUT2D eigenvalue weighted by molar-refractivity contribution is 0.159. The standard InChI is InChI=1S/C4H2Cl3NO3/c5-4(6,7)1-11-3(10)8-2-9/h1H2. The molecule has 0 saturated heterocycles. The van der Waals surface area contributed by atoms with E-state index in [2.05, 4.69) is 9.73 Å². The number of hydrogen-bond acceptors (Lipinski definition) is 3. The first-order valence-electron chi connectivity index (χ1n) is 2.27. The van der Waals surface area contributed by atoms with Crippen LogP contribution in [0.25, 0.3) is 0 Å². The monoisotopic (exact) mass is 217 g/mol. The first-order valence-corrected chi connectivity index (χ1v) is 3.40. The summed E-state index contributed by atoms with van der Waals surface area (Å²) in [7, 11) is 0. The van der Waals surface area contributed by atoms with E-state index in [0.29, 0.717) is 0 Å². The lowest BCUT2D eigenvalue weighted by Gasteiger charge is -2.08. The quantitative estimate of drug-likeness (QED) is 0.383. The minimum atomic E-state index is -1.69. The van der Waals surface area contributed by atoms with Crippen LogP contribution in [0.5, 0.6) is 0 Å². The minimum Gasteiger partial charge on any atom is -0.443 e. The van der Waals surface area contributed by atoms with Crippen LogP contribution < -0.4 is 0 Å². The van der Waals surface area contributed by atoms with Crippen molar-refractivity contribution in [3.05, 3.63) is 0 Å². The molecule has 0 heterocycles. The SMILES string of the molecule is O=C=NC(=O)OCC(Cl)(Cl)Cl. The van der Waals surface area contributed by atoms with Gasteiger partial charge < -0.3 is 4.74 Å². The van der Waals surface area contributed by atoms with Gasteiger partial charge in [0.2, 0.25) is 9.87 Å². The number of carbonyl (C=O) groups is 1. The first kappa shape index (κ1) is 10.7. The Morgan fingerprint density at radius 3 is 2.45 bits per heavy atom. The molecule has 0 unspecified atom stereocenters. The predicted molar refractivity (Wildman–Crippen MR) is 39.8 cm³/mol. The number of halogens is 3. The number of ether oxygens (including phenoxy) is 1. The molecule has 0 atom stereocenters. The van der Waals surface area contributed by atoms with Crippen LogP contribution in [-0.2, 0) is 9.53 Å². The molecule has 0 radical (unpaired) electrons. The molecule has 0 saturated carbocycles. The Kier molecular flexibility index (Phi) is 4.45. The van der Waals surface area contributed by atoms with Crippen molar-refractivity contribution in [2.45, 2.75) is 3.79 Å². The van der Waals surface area contributed by atoms with Crippen LogP contribution >= 0.6 is 34.8 Å². The summed E-state index contributed by atoms with van der Waals surface area (Å²) in [6.45, 7) is -0.457. The molecule has 1 amide bonds. The number of aliphatic imine (C=N–C) groups is 1. The number of rotatable bonds is 1. The molecular weight excluding hydrogens is 216 g/mol. The van der Waals surface area contributed by atoms with Gasteiger partial charge in [0.15, 0.2) is 0 Å². The Hall–Kier alpha value is -0.280. The molecule has 0 aromatic carbocycles. The lowest BCUT2D eigenvalue weighted by Crippen LogP contribution is -2.15. The molecule has 0 rings (SSSR count). The minimum absolute atomic E-state index is 0.457. The molecule has 0 aromatic rings. The predicted octanol–water partition coefficient (Wildman–Crippen LogP) is 1.83. The highest BCUT2D eigenvalue weighted by Crippen LogP contribution is 2.25. The van der Waals surface area contributed by atoms with Crippen molar-refractivity contribution in [2.75, 3.05) is 6.61 Å². The lowest BCUT2D eigenvalue weighted by atomic mass is 10.8. The zero-order valence-corrected chi connectivity index (χ0v) is 7.28. The maximum absolute atomic E-state index is 10.3.